The van der Waals surface area contributed by atoms with Crippen LogP contribution in [0, 0.1) is 5.92 Å². The second-order valence-electron chi connectivity index (χ2n) is 2.98. The fourth-order valence-corrected chi connectivity index (χ4v) is 0.541. The molecule has 0 aromatic carbocycles. The summed E-state index contributed by atoms with van der Waals surface area (Å²) in [6.07, 6.45) is 0.929. The summed E-state index contributed by atoms with van der Waals surface area (Å²) >= 11 is 0. The van der Waals surface area contributed by atoms with Crippen LogP contribution < -0.4 is 5.32 Å². The summed E-state index contributed by atoms with van der Waals surface area (Å²) in [5, 5.41) is 2.79. The normalized spacial score (nSPS) is 9.82. The molecule has 0 spiro atoms. The van der Waals surface area contributed by atoms with Gasteiger partial charge >= 0.3 is 0 Å². The second kappa shape index (κ2) is 4.94. The van der Waals surface area contributed by atoms with Crippen LogP contribution in [-0.2, 0) is 4.79 Å². The van der Waals surface area contributed by atoms with Crippen molar-refractivity contribution in [2.75, 3.05) is 6.54 Å². The molecule has 1 N–H and O–H groups in total. The SMILES string of the molecule is C=C(CC)CNC(=O)C(C)C. The van der Waals surface area contributed by atoms with Crippen LogP contribution in [0.1, 0.15) is 27.2 Å². The van der Waals surface area contributed by atoms with Gasteiger partial charge in [0, 0.05) is 12.5 Å². The van der Waals surface area contributed by atoms with Crippen LogP contribution >= 0.6 is 0 Å². The highest BCUT2D eigenvalue weighted by molar-refractivity contribution is 5.78. The van der Waals surface area contributed by atoms with E-state index < -0.39 is 0 Å². The van der Waals surface area contributed by atoms with Crippen molar-refractivity contribution in [3.63, 3.8) is 0 Å². The van der Waals surface area contributed by atoms with E-state index in [1.807, 2.05) is 20.8 Å². The Morgan fingerprint density at radius 3 is 2.45 bits per heavy atom. The van der Waals surface area contributed by atoms with Crippen LogP contribution in [0.3, 0.4) is 0 Å². The zero-order valence-corrected chi connectivity index (χ0v) is 7.61. The molecule has 0 bridgehead atoms. The number of rotatable bonds is 4. The number of amides is 1. The van der Waals surface area contributed by atoms with Crippen molar-refractivity contribution in [2.24, 2.45) is 5.92 Å². The maximum atomic E-state index is 11.0. The minimum atomic E-state index is 0.0691. The molecule has 0 saturated carbocycles. The van der Waals surface area contributed by atoms with Crippen molar-refractivity contribution in [3.8, 4) is 0 Å². The largest absolute Gasteiger partial charge is 0.352 e. The summed E-state index contributed by atoms with van der Waals surface area (Å²) in [7, 11) is 0. The van der Waals surface area contributed by atoms with Crippen LogP contribution in [-0.4, -0.2) is 12.5 Å². The Bertz CT molecular complexity index is 150. The maximum Gasteiger partial charge on any atom is 0.222 e. The summed E-state index contributed by atoms with van der Waals surface area (Å²) in [5.41, 5.74) is 1.07. The lowest BCUT2D eigenvalue weighted by Crippen LogP contribution is -2.29. The molecule has 1 amide bonds. The molecule has 0 heterocycles. The molecule has 0 atom stereocenters. The summed E-state index contributed by atoms with van der Waals surface area (Å²) in [6, 6.07) is 0. The van der Waals surface area contributed by atoms with Crippen LogP contribution in [0.5, 0.6) is 0 Å². The summed E-state index contributed by atoms with van der Waals surface area (Å²) in [6.45, 7) is 10.2. The molecule has 2 heteroatoms. The third-order valence-corrected chi connectivity index (χ3v) is 1.54. The first-order valence-corrected chi connectivity index (χ1v) is 4.02. The molecule has 11 heavy (non-hydrogen) atoms. The third-order valence-electron chi connectivity index (χ3n) is 1.54. The van der Waals surface area contributed by atoms with E-state index in [4.69, 9.17) is 0 Å². The molecule has 0 aliphatic carbocycles. The van der Waals surface area contributed by atoms with E-state index in [0.717, 1.165) is 12.0 Å². The van der Waals surface area contributed by atoms with Gasteiger partial charge in [0.25, 0.3) is 0 Å². The van der Waals surface area contributed by atoms with Crippen molar-refractivity contribution in [1.29, 1.82) is 0 Å². The van der Waals surface area contributed by atoms with Gasteiger partial charge in [-0.25, -0.2) is 0 Å². The Balaban J connectivity index is 3.54. The lowest BCUT2D eigenvalue weighted by Gasteiger charge is -2.07. The van der Waals surface area contributed by atoms with E-state index in [-0.39, 0.29) is 11.8 Å². The van der Waals surface area contributed by atoms with E-state index in [9.17, 15) is 4.79 Å². The van der Waals surface area contributed by atoms with Gasteiger partial charge in [-0.05, 0) is 6.42 Å². The van der Waals surface area contributed by atoms with E-state index >= 15 is 0 Å². The first-order valence-electron chi connectivity index (χ1n) is 4.02. The van der Waals surface area contributed by atoms with Crippen LogP contribution in [0.15, 0.2) is 12.2 Å². The summed E-state index contributed by atoms with van der Waals surface area (Å²) in [5.74, 6) is 0.166. The highest BCUT2D eigenvalue weighted by atomic mass is 16.1. The van der Waals surface area contributed by atoms with Gasteiger partial charge in [0.05, 0.1) is 0 Å². The molecule has 0 radical (unpaired) electrons. The molecule has 0 aromatic heterocycles. The fourth-order valence-electron chi connectivity index (χ4n) is 0.541. The highest BCUT2D eigenvalue weighted by Gasteiger charge is 2.04. The minimum Gasteiger partial charge on any atom is -0.352 e. The van der Waals surface area contributed by atoms with Gasteiger partial charge in [-0.1, -0.05) is 32.9 Å². The summed E-state index contributed by atoms with van der Waals surface area (Å²) in [4.78, 5) is 11.0. The van der Waals surface area contributed by atoms with Crippen molar-refractivity contribution >= 4 is 5.91 Å². The van der Waals surface area contributed by atoms with E-state index in [0.29, 0.717) is 6.54 Å². The van der Waals surface area contributed by atoms with E-state index in [2.05, 4.69) is 11.9 Å². The van der Waals surface area contributed by atoms with Gasteiger partial charge in [0.15, 0.2) is 0 Å². The first kappa shape index (κ1) is 10.2. The van der Waals surface area contributed by atoms with Crippen molar-refractivity contribution < 1.29 is 4.79 Å². The highest BCUT2D eigenvalue weighted by Crippen LogP contribution is 1.95. The number of carbonyl (C=O) groups is 1. The van der Waals surface area contributed by atoms with Crippen LogP contribution in [0.2, 0.25) is 0 Å². The lowest BCUT2D eigenvalue weighted by atomic mass is 10.2. The molecule has 64 valence electrons. The molecule has 2 nitrogen and oxygen atoms in total. The molecular weight excluding hydrogens is 138 g/mol. The smallest absolute Gasteiger partial charge is 0.222 e. The van der Waals surface area contributed by atoms with Crippen molar-refractivity contribution in [3.05, 3.63) is 12.2 Å². The standard InChI is InChI=1S/C9H17NO/c1-5-8(4)6-10-9(11)7(2)3/h7H,4-6H2,1-3H3,(H,10,11). The zero-order chi connectivity index (χ0) is 8.85. The average Bonchev–Trinajstić information content (AvgIpc) is 1.99. The molecular formula is C9H17NO. The Morgan fingerprint density at radius 2 is 2.09 bits per heavy atom. The fraction of sp³-hybridized carbons (Fsp3) is 0.667. The van der Waals surface area contributed by atoms with Gasteiger partial charge in [-0.3, -0.25) is 4.79 Å². The third kappa shape index (κ3) is 4.59. The lowest BCUT2D eigenvalue weighted by molar-refractivity contribution is -0.123. The molecule has 0 aromatic rings. The molecule has 0 rings (SSSR count). The van der Waals surface area contributed by atoms with Gasteiger partial charge in [-0.2, -0.15) is 0 Å². The van der Waals surface area contributed by atoms with E-state index in [1.165, 1.54) is 0 Å². The van der Waals surface area contributed by atoms with Crippen LogP contribution in [0.4, 0.5) is 0 Å². The topological polar surface area (TPSA) is 29.1 Å². The maximum absolute atomic E-state index is 11.0. The number of nitrogens with one attached hydrogen (secondary N) is 1. The predicted octanol–water partition coefficient (Wildman–Crippen LogP) is 1.72. The Kier molecular flexibility index (Phi) is 4.59. The number of hydrogen-bond acceptors (Lipinski definition) is 1. The molecule has 0 saturated heterocycles. The molecule has 0 fully saturated rings. The zero-order valence-electron chi connectivity index (χ0n) is 7.61. The quantitative estimate of drug-likeness (QED) is 0.615. The second-order valence-corrected chi connectivity index (χ2v) is 2.98. The van der Waals surface area contributed by atoms with Gasteiger partial charge < -0.3 is 5.32 Å². The number of carbonyl (C=O) groups excluding carboxylic acids is 1. The molecule has 0 aliphatic rings. The Hall–Kier alpha value is -0.790. The summed E-state index contributed by atoms with van der Waals surface area (Å²) < 4.78 is 0. The monoisotopic (exact) mass is 155 g/mol. The molecule has 0 aliphatic heterocycles. The van der Waals surface area contributed by atoms with Crippen molar-refractivity contribution in [2.45, 2.75) is 27.2 Å². The van der Waals surface area contributed by atoms with Gasteiger partial charge in [-0.15, -0.1) is 0 Å². The molecule has 0 unspecified atom stereocenters. The van der Waals surface area contributed by atoms with Crippen LogP contribution in [0.25, 0.3) is 0 Å². The average molecular weight is 155 g/mol. The van der Waals surface area contributed by atoms with E-state index in [1.54, 1.807) is 0 Å². The number of hydrogen-bond donors (Lipinski definition) is 1. The van der Waals surface area contributed by atoms with Gasteiger partial charge in [0.1, 0.15) is 0 Å². The first-order chi connectivity index (χ1) is 5.07. The van der Waals surface area contributed by atoms with Gasteiger partial charge in [0.2, 0.25) is 5.91 Å². The Labute approximate surface area is 68.7 Å². The van der Waals surface area contributed by atoms with Crippen molar-refractivity contribution in [1.82, 2.24) is 5.32 Å². The predicted molar refractivity (Wildman–Crippen MR) is 47.3 cm³/mol. The minimum absolute atomic E-state index is 0.0691. The Morgan fingerprint density at radius 1 is 1.55 bits per heavy atom.